The van der Waals surface area contributed by atoms with E-state index in [2.05, 4.69) is 15.3 Å². The van der Waals surface area contributed by atoms with Gasteiger partial charge >= 0.3 is 0 Å². The molecule has 1 heterocycles. The van der Waals surface area contributed by atoms with Crippen molar-refractivity contribution >= 4 is 34.3 Å². The maximum absolute atomic E-state index is 12.0. The van der Waals surface area contributed by atoms with E-state index in [0.29, 0.717) is 34.3 Å². The monoisotopic (exact) mass is 384 g/mol. The van der Waals surface area contributed by atoms with Crippen LogP contribution >= 0.6 is 11.6 Å². The fourth-order valence-electron chi connectivity index (χ4n) is 4.41. The number of nitrogens with two attached hydrogens (primary N) is 1. The van der Waals surface area contributed by atoms with Crippen molar-refractivity contribution in [1.82, 2.24) is 9.97 Å². The molecule has 2 saturated carbocycles. The lowest BCUT2D eigenvalue weighted by Crippen LogP contribution is -2.42. The van der Waals surface area contributed by atoms with Gasteiger partial charge in [0.05, 0.1) is 22.0 Å². The Hall–Kier alpha value is -1.21. The molecule has 1 aromatic rings. The number of primary amides is 1. The molecule has 138 valence electrons. The van der Waals surface area contributed by atoms with Gasteiger partial charge in [0.15, 0.2) is 5.03 Å². The van der Waals surface area contributed by atoms with Gasteiger partial charge in [0.1, 0.15) is 0 Å². The Balaban J connectivity index is 1.69. The number of amides is 1. The number of hydrogen-bond donors (Lipinski definition) is 2. The summed E-state index contributed by atoms with van der Waals surface area (Å²) in [4.78, 5) is 20.5. The predicted octanol–water partition coefficient (Wildman–Crippen LogP) is 2.74. The Morgan fingerprint density at radius 1 is 1.32 bits per heavy atom. The summed E-state index contributed by atoms with van der Waals surface area (Å²) < 4.78 is 11.7. The van der Waals surface area contributed by atoms with Crippen molar-refractivity contribution in [3.8, 4) is 0 Å². The van der Waals surface area contributed by atoms with Gasteiger partial charge in [-0.25, -0.2) is 9.97 Å². The van der Waals surface area contributed by atoms with Crippen LogP contribution in [0.25, 0.3) is 0 Å². The number of hydrogen-bond acceptors (Lipinski definition) is 5. The summed E-state index contributed by atoms with van der Waals surface area (Å²) >= 11 is 5.98. The number of aromatic nitrogens is 2. The summed E-state index contributed by atoms with van der Waals surface area (Å²) in [6, 6.07) is 0.0921. The van der Waals surface area contributed by atoms with Gasteiger partial charge in [-0.2, -0.15) is 0 Å². The molecule has 0 bridgehead atoms. The molecule has 6 nitrogen and oxygen atoms in total. The van der Waals surface area contributed by atoms with Crippen LogP contribution in [0.5, 0.6) is 0 Å². The first-order valence-electron chi connectivity index (χ1n) is 8.87. The quantitative estimate of drug-likeness (QED) is 0.760. The molecule has 0 saturated heterocycles. The molecule has 0 spiro atoms. The number of nitrogens with one attached hydrogen (secondary N) is 1. The Bertz CT molecular complexity index is 666. The fraction of sp³-hybridized carbons (Fsp3) is 0.706. The van der Waals surface area contributed by atoms with Gasteiger partial charge in [0.25, 0.3) is 0 Å². The Labute approximate surface area is 155 Å². The minimum absolute atomic E-state index is 0.0921. The molecule has 25 heavy (non-hydrogen) atoms. The lowest BCUT2D eigenvalue weighted by atomic mass is 9.70. The zero-order chi connectivity index (χ0) is 18.0. The molecule has 3 rings (SSSR count). The van der Waals surface area contributed by atoms with Crippen LogP contribution in [-0.2, 0) is 15.6 Å². The Morgan fingerprint density at radius 2 is 2.04 bits per heavy atom. The maximum atomic E-state index is 12.0. The minimum Gasteiger partial charge on any atom is -0.369 e. The van der Waals surface area contributed by atoms with E-state index in [-0.39, 0.29) is 17.9 Å². The van der Waals surface area contributed by atoms with E-state index in [0.717, 1.165) is 12.8 Å². The van der Waals surface area contributed by atoms with Crippen LogP contribution in [-0.4, -0.2) is 32.4 Å². The highest BCUT2D eigenvalue weighted by Gasteiger charge is 2.39. The Kier molecular flexibility index (Phi) is 5.94. The first kappa shape index (κ1) is 18.6. The minimum atomic E-state index is -1.28. The standard InChI is InChI=1S/C17H25ClN4O2S/c1-25(24)16-14(18)9-20-17(22-16)21-11-6-7-12(10-4-2-3-5-10)13(8-11)15(19)23/h9-13H,2-8H2,1H3,(H2,19,23)(H,20,21,22). The van der Waals surface area contributed by atoms with E-state index in [1.54, 1.807) is 0 Å². The molecule has 4 atom stereocenters. The predicted molar refractivity (Wildman–Crippen MR) is 98.8 cm³/mol. The first-order valence-corrected chi connectivity index (χ1v) is 10.8. The lowest BCUT2D eigenvalue weighted by Gasteiger charge is -2.38. The van der Waals surface area contributed by atoms with Crippen molar-refractivity contribution < 1.29 is 9.00 Å². The largest absolute Gasteiger partial charge is 0.369 e. The maximum Gasteiger partial charge on any atom is 0.224 e. The van der Waals surface area contributed by atoms with E-state index >= 15 is 0 Å². The second-order valence-corrected chi connectivity index (χ2v) is 8.87. The molecule has 0 radical (unpaired) electrons. The fourth-order valence-corrected chi connectivity index (χ4v) is 5.37. The van der Waals surface area contributed by atoms with Crippen molar-refractivity contribution in [2.45, 2.75) is 56.0 Å². The van der Waals surface area contributed by atoms with Crippen LogP contribution in [0.2, 0.25) is 5.02 Å². The van der Waals surface area contributed by atoms with E-state index in [4.69, 9.17) is 17.3 Å². The number of rotatable bonds is 5. The smallest absolute Gasteiger partial charge is 0.224 e. The third-order valence-electron chi connectivity index (χ3n) is 5.59. The van der Waals surface area contributed by atoms with Crippen LogP contribution in [0.1, 0.15) is 44.9 Å². The second kappa shape index (κ2) is 7.99. The summed E-state index contributed by atoms with van der Waals surface area (Å²) in [7, 11) is -1.28. The molecule has 0 aliphatic heterocycles. The highest BCUT2D eigenvalue weighted by Crippen LogP contribution is 2.42. The van der Waals surface area contributed by atoms with Crippen molar-refractivity contribution in [1.29, 1.82) is 0 Å². The molecule has 3 N–H and O–H groups in total. The molecule has 4 unspecified atom stereocenters. The number of carbonyl (C=O) groups is 1. The third kappa shape index (κ3) is 4.31. The van der Waals surface area contributed by atoms with Crippen LogP contribution < -0.4 is 11.1 Å². The topological polar surface area (TPSA) is 98.0 Å². The average molecular weight is 385 g/mol. The number of halogens is 1. The molecular weight excluding hydrogens is 360 g/mol. The van der Waals surface area contributed by atoms with E-state index in [1.165, 1.54) is 38.1 Å². The van der Waals surface area contributed by atoms with Crippen molar-refractivity contribution in [2.75, 3.05) is 11.6 Å². The van der Waals surface area contributed by atoms with Gasteiger partial charge in [0.2, 0.25) is 11.9 Å². The van der Waals surface area contributed by atoms with Gasteiger partial charge < -0.3 is 11.1 Å². The SMILES string of the molecule is CS(=O)c1nc(NC2CCC(C3CCCC3)C(C(N)=O)C2)ncc1Cl. The van der Waals surface area contributed by atoms with E-state index in [1.807, 2.05) is 0 Å². The molecule has 1 aromatic heterocycles. The van der Waals surface area contributed by atoms with Crippen LogP contribution in [0, 0.1) is 17.8 Å². The van der Waals surface area contributed by atoms with E-state index < -0.39 is 10.8 Å². The summed E-state index contributed by atoms with van der Waals surface area (Å²) in [6.07, 6.45) is 10.6. The number of anilines is 1. The highest BCUT2D eigenvalue weighted by atomic mass is 35.5. The highest BCUT2D eigenvalue weighted by molar-refractivity contribution is 7.84. The molecule has 2 aliphatic rings. The molecule has 1 amide bonds. The lowest BCUT2D eigenvalue weighted by molar-refractivity contribution is -0.125. The zero-order valence-corrected chi connectivity index (χ0v) is 16.0. The van der Waals surface area contributed by atoms with E-state index in [9.17, 15) is 9.00 Å². The normalized spacial score (nSPS) is 28.6. The number of nitrogens with zero attached hydrogens (tertiary/aromatic N) is 2. The second-order valence-electron chi connectivity index (χ2n) is 7.17. The summed E-state index contributed by atoms with van der Waals surface area (Å²) in [5, 5.41) is 3.90. The Morgan fingerprint density at radius 3 is 2.68 bits per heavy atom. The third-order valence-corrected chi connectivity index (χ3v) is 6.84. The first-order chi connectivity index (χ1) is 12.0. The molecule has 8 heteroatoms. The van der Waals surface area contributed by atoms with Crippen molar-refractivity contribution in [3.63, 3.8) is 0 Å². The zero-order valence-electron chi connectivity index (χ0n) is 14.4. The van der Waals surface area contributed by atoms with Crippen LogP contribution in [0.3, 0.4) is 0 Å². The van der Waals surface area contributed by atoms with Crippen molar-refractivity contribution in [2.24, 2.45) is 23.5 Å². The van der Waals surface area contributed by atoms with Crippen LogP contribution in [0.15, 0.2) is 11.2 Å². The van der Waals surface area contributed by atoms with Gasteiger partial charge in [0, 0.05) is 18.2 Å². The molecular formula is C17H25ClN4O2S. The van der Waals surface area contributed by atoms with Gasteiger partial charge in [-0.3, -0.25) is 9.00 Å². The average Bonchev–Trinajstić information content (AvgIpc) is 3.10. The van der Waals surface area contributed by atoms with Gasteiger partial charge in [-0.1, -0.05) is 37.3 Å². The molecule has 2 aliphatic carbocycles. The summed E-state index contributed by atoms with van der Waals surface area (Å²) in [6.45, 7) is 0. The molecule has 2 fully saturated rings. The van der Waals surface area contributed by atoms with Crippen molar-refractivity contribution in [3.05, 3.63) is 11.2 Å². The summed E-state index contributed by atoms with van der Waals surface area (Å²) in [5.41, 5.74) is 5.71. The summed E-state index contributed by atoms with van der Waals surface area (Å²) in [5.74, 6) is 1.15. The van der Waals surface area contributed by atoms with Gasteiger partial charge in [-0.05, 0) is 31.1 Å². The van der Waals surface area contributed by atoms with Gasteiger partial charge in [-0.15, -0.1) is 0 Å². The van der Waals surface area contributed by atoms with Crippen LogP contribution in [0.4, 0.5) is 5.95 Å². The number of carbonyl (C=O) groups excluding carboxylic acids is 1. The molecule has 0 aromatic carbocycles.